The minimum absolute atomic E-state index is 0.177. The van der Waals surface area contributed by atoms with E-state index in [0.717, 1.165) is 22.9 Å². The molecule has 2 aromatic rings. The molecule has 0 fully saturated rings. The Hall–Kier alpha value is -3.44. The SMILES string of the molecule is Cn1nc(C(=O)NNc2ccc(C(F)(F)F)cc2[N+](=O)[O-])ccc1=O. The monoisotopic (exact) mass is 357 g/mol. The first kappa shape index (κ1) is 17.9. The van der Waals surface area contributed by atoms with E-state index in [1.165, 1.54) is 7.05 Å². The van der Waals surface area contributed by atoms with Crippen LogP contribution in [0.2, 0.25) is 0 Å². The second-order valence-corrected chi connectivity index (χ2v) is 4.75. The number of anilines is 1. The lowest BCUT2D eigenvalue weighted by molar-refractivity contribution is -0.384. The van der Waals surface area contributed by atoms with Crippen LogP contribution in [0.5, 0.6) is 0 Å². The number of rotatable bonds is 4. The quantitative estimate of drug-likeness (QED) is 0.632. The average Bonchev–Trinajstić information content (AvgIpc) is 2.54. The van der Waals surface area contributed by atoms with Crippen LogP contribution in [0.15, 0.2) is 35.1 Å². The number of amides is 1. The van der Waals surface area contributed by atoms with Gasteiger partial charge < -0.3 is 0 Å². The van der Waals surface area contributed by atoms with Crippen molar-refractivity contribution in [1.82, 2.24) is 15.2 Å². The molecule has 25 heavy (non-hydrogen) atoms. The summed E-state index contributed by atoms with van der Waals surface area (Å²) in [6, 6.07) is 4.00. The topological polar surface area (TPSA) is 119 Å². The number of nitro groups is 1. The highest BCUT2D eigenvalue weighted by molar-refractivity contribution is 5.93. The number of hydrogen-bond donors (Lipinski definition) is 2. The molecular weight excluding hydrogens is 347 g/mol. The van der Waals surface area contributed by atoms with Gasteiger partial charge in [-0.1, -0.05) is 0 Å². The maximum absolute atomic E-state index is 12.6. The zero-order valence-corrected chi connectivity index (χ0v) is 12.5. The Bertz CT molecular complexity index is 894. The van der Waals surface area contributed by atoms with Crippen LogP contribution < -0.4 is 16.4 Å². The van der Waals surface area contributed by atoms with Crippen LogP contribution in [0.25, 0.3) is 0 Å². The lowest BCUT2D eigenvalue weighted by atomic mass is 10.1. The Morgan fingerprint density at radius 2 is 1.96 bits per heavy atom. The van der Waals surface area contributed by atoms with E-state index in [9.17, 15) is 32.9 Å². The Labute approximate surface area is 137 Å². The van der Waals surface area contributed by atoms with E-state index in [4.69, 9.17) is 0 Å². The Kier molecular flexibility index (Phi) is 4.72. The summed E-state index contributed by atoms with van der Waals surface area (Å²) in [7, 11) is 1.31. The highest BCUT2D eigenvalue weighted by Gasteiger charge is 2.33. The number of aryl methyl sites for hydroxylation is 1. The summed E-state index contributed by atoms with van der Waals surface area (Å²) < 4.78 is 38.8. The molecule has 0 bridgehead atoms. The zero-order chi connectivity index (χ0) is 18.8. The van der Waals surface area contributed by atoms with Gasteiger partial charge >= 0.3 is 6.18 Å². The van der Waals surface area contributed by atoms with Gasteiger partial charge in [-0.15, -0.1) is 0 Å². The summed E-state index contributed by atoms with van der Waals surface area (Å²) >= 11 is 0. The Balaban J connectivity index is 2.22. The second kappa shape index (κ2) is 6.59. The van der Waals surface area contributed by atoms with Crippen molar-refractivity contribution in [1.29, 1.82) is 0 Å². The molecule has 1 aromatic heterocycles. The maximum atomic E-state index is 12.6. The lowest BCUT2D eigenvalue weighted by Gasteiger charge is -2.11. The summed E-state index contributed by atoms with van der Waals surface area (Å²) in [5.74, 6) is -0.843. The van der Waals surface area contributed by atoms with Crippen molar-refractivity contribution >= 4 is 17.3 Å². The third-order valence-electron chi connectivity index (χ3n) is 3.03. The molecular formula is C13H10F3N5O4. The molecule has 0 saturated carbocycles. The number of halogens is 3. The van der Waals surface area contributed by atoms with Gasteiger partial charge in [0, 0.05) is 19.2 Å². The van der Waals surface area contributed by atoms with Crippen molar-refractivity contribution < 1.29 is 22.9 Å². The Morgan fingerprint density at radius 3 is 2.52 bits per heavy atom. The number of carbonyl (C=O) groups excluding carboxylic acids is 1. The first-order valence-electron chi connectivity index (χ1n) is 6.56. The molecule has 12 heteroatoms. The number of alkyl halides is 3. The smallest absolute Gasteiger partial charge is 0.292 e. The molecule has 0 aliphatic carbocycles. The number of hydrazine groups is 1. The van der Waals surface area contributed by atoms with E-state index in [-0.39, 0.29) is 11.4 Å². The number of nitrogens with zero attached hydrogens (tertiary/aromatic N) is 3. The van der Waals surface area contributed by atoms with Gasteiger partial charge in [0.05, 0.1) is 10.5 Å². The van der Waals surface area contributed by atoms with Gasteiger partial charge in [-0.25, -0.2) is 4.68 Å². The van der Waals surface area contributed by atoms with Crippen molar-refractivity contribution in [2.24, 2.45) is 7.05 Å². The fourth-order valence-electron chi connectivity index (χ4n) is 1.78. The standard InChI is InChI=1S/C13H10F3N5O4/c1-20-11(22)5-4-9(19-20)12(23)18-17-8-3-2-7(13(14,15)16)6-10(8)21(24)25/h2-6,17H,1H3,(H,18,23). The molecule has 0 radical (unpaired) electrons. The van der Waals surface area contributed by atoms with Crippen LogP contribution in [0.1, 0.15) is 16.1 Å². The summed E-state index contributed by atoms with van der Waals surface area (Å²) in [6.45, 7) is 0. The van der Waals surface area contributed by atoms with Crippen LogP contribution in [-0.2, 0) is 13.2 Å². The van der Waals surface area contributed by atoms with E-state index < -0.39 is 33.8 Å². The molecule has 1 heterocycles. The van der Waals surface area contributed by atoms with Crippen molar-refractivity contribution in [3.05, 3.63) is 62.1 Å². The number of nitro benzene ring substituents is 1. The third-order valence-corrected chi connectivity index (χ3v) is 3.03. The molecule has 1 amide bonds. The normalized spacial score (nSPS) is 11.0. The second-order valence-electron chi connectivity index (χ2n) is 4.75. The minimum Gasteiger partial charge on any atom is -0.292 e. The van der Waals surface area contributed by atoms with Crippen molar-refractivity contribution in [2.75, 3.05) is 5.43 Å². The number of aromatic nitrogens is 2. The first-order valence-corrected chi connectivity index (χ1v) is 6.56. The van der Waals surface area contributed by atoms with Crippen molar-refractivity contribution in [3.63, 3.8) is 0 Å². The fourth-order valence-corrected chi connectivity index (χ4v) is 1.78. The number of carbonyl (C=O) groups is 1. The summed E-state index contributed by atoms with van der Waals surface area (Å²) in [6.07, 6.45) is -4.74. The molecule has 2 rings (SSSR count). The van der Waals surface area contributed by atoms with Gasteiger partial charge in [0.1, 0.15) is 5.69 Å². The molecule has 0 saturated heterocycles. The van der Waals surface area contributed by atoms with Crippen LogP contribution in [0.3, 0.4) is 0 Å². The minimum atomic E-state index is -4.74. The number of nitrogens with one attached hydrogen (secondary N) is 2. The largest absolute Gasteiger partial charge is 0.416 e. The van der Waals surface area contributed by atoms with Gasteiger partial charge in [-0.2, -0.15) is 18.3 Å². The van der Waals surface area contributed by atoms with Gasteiger partial charge in [0.2, 0.25) is 0 Å². The Morgan fingerprint density at radius 1 is 1.28 bits per heavy atom. The predicted octanol–water partition coefficient (Wildman–Crippen LogP) is 1.46. The molecule has 132 valence electrons. The van der Waals surface area contributed by atoms with Gasteiger partial charge in [-0.05, 0) is 18.2 Å². The molecule has 9 nitrogen and oxygen atoms in total. The van der Waals surface area contributed by atoms with Gasteiger partial charge in [0.15, 0.2) is 5.69 Å². The summed E-state index contributed by atoms with van der Waals surface area (Å²) in [4.78, 5) is 33.0. The van der Waals surface area contributed by atoms with Crippen LogP contribution in [0, 0.1) is 10.1 Å². The fraction of sp³-hybridized carbons (Fsp3) is 0.154. The molecule has 0 aliphatic heterocycles. The first-order chi connectivity index (χ1) is 11.6. The highest BCUT2D eigenvalue weighted by Crippen LogP contribution is 2.34. The van der Waals surface area contributed by atoms with E-state index >= 15 is 0 Å². The molecule has 1 aromatic carbocycles. The summed E-state index contributed by atoms with van der Waals surface area (Å²) in [5.41, 5.74) is 1.18. The molecule has 0 aliphatic rings. The van der Waals surface area contributed by atoms with Gasteiger partial charge in [-0.3, -0.25) is 30.6 Å². The van der Waals surface area contributed by atoms with E-state index in [1.54, 1.807) is 0 Å². The van der Waals surface area contributed by atoms with Gasteiger partial charge in [0.25, 0.3) is 17.2 Å². The third kappa shape index (κ3) is 4.10. The van der Waals surface area contributed by atoms with E-state index in [0.29, 0.717) is 12.1 Å². The maximum Gasteiger partial charge on any atom is 0.416 e. The predicted molar refractivity (Wildman–Crippen MR) is 78.7 cm³/mol. The average molecular weight is 357 g/mol. The lowest BCUT2D eigenvalue weighted by Crippen LogP contribution is -2.32. The van der Waals surface area contributed by atoms with Crippen molar-refractivity contribution in [2.45, 2.75) is 6.18 Å². The van der Waals surface area contributed by atoms with E-state index in [2.05, 4.69) is 16.0 Å². The number of benzene rings is 1. The number of hydrogen-bond acceptors (Lipinski definition) is 6. The zero-order valence-electron chi connectivity index (χ0n) is 12.5. The van der Waals surface area contributed by atoms with E-state index in [1.807, 2.05) is 0 Å². The van der Waals surface area contributed by atoms with Crippen LogP contribution >= 0.6 is 0 Å². The highest BCUT2D eigenvalue weighted by atomic mass is 19.4. The molecule has 2 N–H and O–H groups in total. The van der Waals surface area contributed by atoms with Crippen LogP contribution in [0.4, 0.5) is 24.5 Å². The molecule has 0 atom stereocenters. The molecule has 0 spiro atoms. The van der Waals surface area contributed by atoms with Crippen molar-refractivity contribution in [3.8, 4) is 0 Å². The molecule has 0 unspecified atom stereocenters. The van der Waals surface area contributed by atoms with Crippen LogP contribution in [-0.4, -0.2) is 20.6 Å². The summed E-state index contributed by atoms with van der Waals surface area (Å²) in [5, 5.41) is 14.6.